The second kappa shape index (κ2) is 9.84. The van der Waals surface area contributed by atoms with Crippen LogP contribution in [0.1, 0.15) is 13.8 Å². The molecule has 0 amide bonds. The van der Waals surface area contributed by atoms with Gasteiger partial charge in [-0.2, -0.15) is 0 Å². The molecule has 118 valence electrons. The molecule has 0 aromatic heterocycles. The van der Waals surface area contributed by atoms with Crippen LogP contribution < -0.4 is 5.32 Å². The van der Waals surface area contributed by atoms with Crippen LogP contribution in [0.4, 0.5) is 0 Å². The summed E-state index contributed by atoms with van der Waals surface area (Å²) in [5, 5.41) is 2.72. The third-order valence-electron chi connectivity index (χ3n) is 1.84. The van der Waals surface area contributed by atoms with Crippen LogP contribution in [0.2, 0.25) is 0 Å². The summed E-state index contributed by atoms with van der Waals surface area (Å²) in [6.07, 6.45) is -0.982. The largest absolute Gasteiger partial charge is 0.472 e. The summed E-state index contributed by atoms with van der Waals surface area (Å²) >= 11 is 0. The van der Waals surface area contributed by atoms with Gasteiger partial charge in [0.25, 0.3) is 0 Å². The third kappa shape index (κ3) is 10.9. The van der Waals surface area contributed by atoms with Gasteiger partial charge < -0.3 is 19.7 Å². The highest BCUT2D eigenvalue weighted by atomic mass is 31.2. The maximum absolute atomic E-state index is 11.5. The molecule has 9 nitrogen and oxygen atoms in total. The Balaban J connectivity index is 4.24. The predicted molar refractivity (Wildman–Crippen MR) is 67.8 cm³/mol. The normalized spacial score (nSPS) is 15.2. The number of nitrogens with one attached hydrogen (secondary N) is 1. The Labute approximate surface area is 117 Å². The van der Waals surface area contributed by atoms with E-state index < -0.39 is 32.5 Å². The average Bonchev–Trinajstić information content (AvgIpc) is 2.32. The quantitative estimate of drug-likeness (QED) is 0.322. The Bertz CT molecular complexity index is 361. The maximum Gasteiger partial charge on any atom is 0.472 e. The fraction of sp³-hybridized carbons (Fsp3) is 0.800. The molecule has 2 atom stereocenters. The summed E-state index contributed by atoms with van der Waals surface area (Å²) in [6, 6.07) is 0. The van der Waals surface area contributed by atoms with E-state index in [1.165, 1.54) is 6.92 Å². The zero-order chi connectivity index (χ0) is 15.6. The number of phosphoric ester groups is 1. The Morgan fingerprint density at radius 3 is 2.35 bits per heavy atom. The molecule has 0 saturated carbocycles. The van der Waals surface area contributed by atoms with E-state index in [-0.39, 0.29) is 13.2 Å². The van der Waals surface area contributed by atoms with Gasteiger partial charge in [0, 0.05) is 20.4 Å². The number of rotatable bonds is 10. The molecule has 10 heteroatoms. The molecule has 0 radical (unpaired) electrons. The number of ether oxygens (including phenoxy) is 2. The Morgan fingerprint density at radius 1 is 1.20 bits per heavy atom. The molecule has 0 aliphatic rings. The summed E-state index contributed by atoms with van der Waals surface area (Å²) in [7, 11) is -2.58. The molecule has 2 unspecified atom stereocenters. The monoisotopic (exact) mass is 313 g/mol. The summed E-state index contributed by atoms with van der Waals surface area (Å²) < 4.78 is 30.2. The molecule has 0 aromatic rings. The molecular weight excluding hydrogens is 293 g/mol. The molecule has 0 bridgehead atoms. The smallest absolute Gasteiger partial charge is 0.462 e. The first kappa shape index (κ1) is 19.0. The lowest BCUT2D eigenvalue weighted by Crippen LogP contribution is -2.28. The molecule has 0 aliphatic carbocycles. The van der Waals surface area contributed by atoms with Crippen LogP contribution in [0.25, 0.3) is 0 Å². The standard InChI is InChI=1S/C10H20NO8P/c1-8(12)16-6-10(19-9(2)13)7-18-20(14,15)17-5-4-11-3/h10-11H,4-7H2,1-3H3,(H,14,15). The number of hydrogen-bond acceptors (Lipinski definition) is 8. The van der Waals surface area contributed by atoms with Gasteiger partial charge >= 0.3 is 19.8 Å². The number of carbonyl (C=O) groups is 2. The summed E-state index contributed by atoms with van der Waals surface area (Å²) in [5.41, 5.74) is 0. The minimum atomic E-state index is -4.24. The lowest BCUT2D eigenvalue weighted by molar-refractivity contribution is -0.158. The van der Waals surface area contributed by atoms with Crippen molar-refractivity contribution in [3.05, 3.63) is 0 Å². The summed E-state index contributed by atoms with van der Waals surface area (Å²) in [6.45, 7) is 1.99. The Morgan fingerprint density at radius 2 is 1.85 bits per heavy atom. The van der Waals surface area contributed by atoms with Crippen LogP contribution >= 0.6 is 7.82 Å². The lowest BCUT2D eigenvalue weighted by atomic mass is 10.4. The molecule has 0 spiro atoms. The first-order chi connectivity index (χ1) is 9.26. The van der Waals surface area contributed by atoms with Gasteiger partial charge in [0.2, 0.25) is 0 Å². The van der Waals surface area contributed by atoms with Crippen molar-refractivity contribution < 1.29 is 37.6 Å². The lowest BCUT2D eigenvalue weighted by Gasteiger charge is -2.18. The first-order valence-corrected chi connectivity index (χ1v) is 7.33. The predicted octanol–water partition coefficient (Wildman–Crippen LogP) is -0.166. The minimum Gasteiger partial charge on any atom is -0.462 e. The van der Waals surface area contributed by atoms with Gasteiger partial charge in [-0.05, 0) is 7.05 Å². The first-order valence-electron chi connectivity index (χ1n) is 5.84. The summed E-state index contributed by atoms with van der Waals surface area (Å²) in [5.74, 6) is -1.20. The van der Waals surface area contributed by atoms with E-state index in [2.05, 4.69) is 19.1 Å². The van der Waals surface area contributed by atoms with Crippen LogP contribution in [0.15, 0.2) is 0 Å². The molecule has 0 rings (SSSR count). The van der Waals surface area contributed by atoms with Crippen molar-refractivity contribution in [1.29, 1.82) is 0 Å². The number of esters is 2. The number of likely N-dealkylation sites (N-methyl/N-ethyl adjacent to an activating group) is 1. The summed E-state index contributed by atoms with van der Waals surface area (Å²) in [4.78, 5) is 30.9. The van der Waals surface area contributed by atoms with Crippen molar-refractivity contribution in [2.45, 2.75) is 20.0 Å². The highest BCUT2D eigenvalue weighted by Gasteiger charge is 2.25. The van der Waals surface area contributed by atoms with Crippen molar-refractivity contribution >= 4 is 19.8 Å². The molecule has 0 heterocycles. The van der Waals surface area contributed by atoms with E-state index in [1.807, 2.05) is 0 Å². The van der Waals surface area contributed by atoms with Gasteiger partial charge in [-0.25, -0.2) is 4.57 Å². The minimum absolute atomic E-state index is 0.0214. The van der Waals surface area contributed by atoms with E-state index >= 15 is 0 Å². The van der Waals surface area contributed by atoms with E-state index in [0.29, 0.717) is 6.54 Å². The molecule has 0 aliphatic heterocycles. The van der Waals surface area contributed by atoms with Gasteiger partial charge in [0.15, 0.2) is 6.10 Å². The zero-order valence-corrected chi connectivity index (χ0v) is 12.6. The topological polar surface area (TPSA) is 120 Å². The van der Waals surface area contributed by atoms with Crippen molar-refractivity contribution in [1.82, 2.24) is 5.32 Å². The zero-order valence-electron chi connectivity index (χ0n) is 11.7. The van der Waals surface area contributed by atoms with Gasteiger partial charge in [-0.3, -0.25) is 18.6 Å². The van der Waals surface area contributed by atoms with Crippen LogP contribution in [0.5, 0.6) is 0 Å². The Hall–Kier alpha value is -0.990. The third-order valence-corrected chi connectivity index (χ3v) is 2.82. The highest BCUT2D eigenvalue weighted by Crippen LogP contribution is 2.43. The van der Waals surface area contributed by atoms with Crippen molar-refractivity contribution in [3.8, 4) is 0 Å². The van der Waals surface area contributed by atoms with Crippen LogP contribution in [0.3, 0.4) is 0 Å². The molecule has 2 N–H and O–H groups in total. The van der Waals surface area contributed by atoms with Crippen molar-refractivity contribution in [2.24, 2.45) is 0 Å². The SMILES string of the molecule is CNCCOP(=O)(O)OCC(COC(C)=O)OC(C)=O. The molecule has 20 heavy (non-hydrogen) atoms. The number of phosphoric acid groups is 1. The maximum atomic E-state index is 11.5. The van der Waals surface area contributed by atoms with E-state index in [9.17, 15) is 19.0 Å². The number of hydrogen-bond donors (Lipinski definition) is 2. The van der Waals surface area contributed by atoms with E-state index in [4.69, 9.17) is 4.74 Å². The average molecular weight is 313 g/mol. The van der Waals surface area contributed by atoms with Crippen LogP contribution in [0, 0.1) is 0 Å². The Kier molecular flexibility index (Phi) is 9.35. The molecule has 0 fully saturated rings. The van der Waals surface area contributed by atoms with Crippen LogP contribution in [-0.2, 0) is 32.7 Å². The molecule has 0 aromatic carbocycles. The highest BCUT2D eigenvalue weighted by molar-refractivity contribution is 7.47. The van der Waals surface area contributed by atoms with Gasteiger partial charge in [-0.15, -0.1) is 0 Å². The second-order valence-electron chi connectivity index (χ2n) is 3.74. The van der Waals surface area contributed by atoms with Gasteiger partial charge in [0.1, 0.15) is 6.61 Å². The van der Waals surface area contributed by atoms with Crippen molar-refractivity contribution in [2.75, 3.05) is 33.4 Å². The molecular formula is C10H20NO8P. The van der Waals surface area contributed by atoms with Gasteiger partial charge in [-0.1, -0.05) is 0 Å². The van der Waals surface area contributed by atoms with Crippen molar-refractivity contribution in [3.63, 3.8) is 0 Å². The second-order valence-corrected chi connectivity index (χ2v) is 5.19. The molecule has 0 saturated heterocycles. The fourth-order valence-electron chi connectivity index (χ4n) is 1.04. The fourth-order valence-corrected chi connectivity index (χ4v) is 1.79. The number of carbonyl (C=O) groups excluding carboxylic acids is 2. The van der Waals surface area contributed by atoms with Gasteiger partial charge in [0.05, 0.1) is 13.2 Å². The van der Waals surface area contributed by atoms with E-state index in [1.54, 1.807) is 7.05 Å². The van der Waals surface area contributed by atoms with Crippen LogP contribution in [-0.4, -0.2) is 56.3 Å². The van der Waals surface area contributed by atoms with E-state index in [0.717, 1.165) is 6.92 Å².